The van der Waals surface area contributed by atoms with E-state index in [4.69, 9.17) is 4.74 Å². The number of anilines is 1. The molecule has 1 saturated heterocycles. The molecule has 4 rings (SSSR count). The predicted octanol–water partition coefficient (Wildman–Crippen LogP) is 5.08. The molecule has 0 spiro atoms. The molecule has 0 aliphatic carbocycles. The minimum atomic E-state index is 0.227. The van der Waals surface area contributed by atoms with Gasteiger partial charge in [0.05, 0.1) is 12.1 Å². The van der Waals surface area contributed by atoms with E-state index in [2.05, 4.69) is 69.8 Å². The van der Waals surface area contributed by atoms with Crippen molar-refractivity contribution in [1.82, 2.24) is 0 Å². The van der Waals surface area contributed by atoms with E-state index in [1.807, 2.05) is 0 Å². The van der Waals surface area contributed by atoms with Crippen LogP contribution in [0, 0.1) is 5.92 Å². The molecule has 3 heteroatoms. The number of hydrogen-bond acceptors (Lipinski definition) is 2. The SMILES string of the molecule is Brc1ccc([C@H]2Nc3ccccc3[C@H]3OCCC[C@@H]23)cc1. The Morgan fingerprint density at radius 3 is 2.71 bits per heavy atom. The minimum Gasteiger partial charge on any atom is -0.378 e. The molecule has 2 aromatic rings. The maximum absolute atomic E-state index is 6.13. The van der Waals surface area contributed by atoms with E-state index in [-0.39, 0.29) is 6.10 Å². The van der Waals surface area contributed by atoms with Gasteiger partial charge in [-0.25, -0.2) is 0 Å². The van der Waals surface area contributed by atoms with Crippen LogP contribution in [0.5, 0.6) is 0 Å². The number of hydrogen-bond donors (Lipinski definition) is 1. The summed E-state index contributed by atoms with van der Waals surface area (Å²) in [5.41, 5.74) is 3.87. The van der Waals surface area contributed by atoms with Crippen LogP contribution in [0.15, 0.2) is 53.0 Å². The van der Waals surface area contributed by atoms with E-state index < -0.39 is 0 Å². The molecule has 0 radical (unpaired) electrons. The highest BCUT2D eigenvalue weighted by Crippen LogP contribution is 2.48. The second-order valence-corrected chi connectivity index (χ2v) is 6.77. The topological polar surface area (TPSA) is 21.3 Å². The molecule has 0 unspecified atom stereocenters. The van der Waals surface area contributed by atoms with Crippen molar-refractivity contribution in [2.45, 2.75) is 25.0 Å². The Labute approximate surface area is 133 Å². The molecule has 108 valence electrons. The van der Waals surface area contributed by atoms with Gasteiger partial charge in [0.15, 0.2) is 0 Å². The number of benzene rings is 2. The number of rotatable bonds is 1. The van der Waals surface area contributed by atoms with Gasteiger partial charge >= 0.3 is 0 Å². The summed E-state index contributed by atoms with van der Waals surface area (Å²) in [4.78, 5) is 0. The van der Waals surface area contributed by atoms with E-state index in [0.717, 1.165) is 17.5 Å². The Bertz CT molecular complexity index is 640. The van der Waals surface area contributed by atoms with Crippen LogP contribution in [0.25, 0.3) is 0 Å². The van der Waals surface area contributed by atoms with Crippen LogP contribution in [0.1, 0.15) is 36.1 Å². The first-order valence-electron chi connectivity index (χ1n) is 7.55. The van der Waals surface area contributed by atoms with Crippen LogP contribution >= 0.6 is 15.9 Å². The van der Waals surface area contributed by atoms with E-state index in [0.29, 0.717) is 12.0 Å². The van der Waals surface area contributed by atoms with Gasteiger partial charge in [-0.1, -0.05) is 46.3 Å². The van der Waals surface area contributed by atoms with Crippen molar-refractivity contribution < 1.29 is 4.74 Å². The Kier molecular flexibility index (Phi) is 3.48. The monoisotopic (exact) mass is 343 g/mol. The number of halogens is 1. The van der Waals surface area contributed by atoms with Crippen molar-refractivity contribution in [1.29, 1.82) is 0 Å². The fourth-order valence-electron chi connectivity index (χ4n) is 3.62. The highest BCUT2D eigenvalue weighted by Gasteiger charge is 2.39. The molecule has 0 amide bonds. The van der Waals surface area contributed by atoms with E-state index in [1.165, 1.54) is 23.2 Å². The lowest BCUT2D eigenvalue weighted by Crippen LogP contribution is -2.35. The van der Waals surface area contributed by atoms with Crippen molar-refractivity contribution in [2.24, 2.45) is 5.92 Å². The van der Waals surface area contributed by atoms with Gasteiger partial charge in [0.25, 0.3) is 0 Å². The molecule has 0 saturated carbocycles. The molecule has 0 bridgehead atoms. The quantitative estimate of drug-likeness (QED) is 0.779. The van der Waals surface area contributed by atoms with Gasteiger partial charge in [-0.15, -0.1) is 0 Å². The summed E-state index contributed by atoms with van der Waals surface area (Å²) in [6.07, 6.45) is 2.59. The first-order valence-corrected chi connectivity index (χ1v) is 8.35. The smallest absolute Gasteiger partial charge is 0.0895 e. The molecular formula is C18H18BrNO. The van der Waals surface area contributed by atoms with Crippen molar-refractivity contribution in [2.75, 3.05) is 11.9 Å². The van der Waals surface area contributed by atoms with Crippen molar-refractivity contribution in [3.63, 3.8) is 0 Å². The van der Waals surface area contributed by atoms with E-state index in [9.17, 15) is 0 Å². The van der Waals surface area contributed by atoms with Gasteiger partial charge < -0.3 is 10.1 Å². The van der Waals surface area contributed by atoms with Gasteiger partial charge in [0, 0.05) is 28.2 Å². The molecule has 1 N–H and O–H groups in total. The zero-order chi connectivity index (χ0) is 14.2. The van der Waals surface area contributed by atoms with Crippen LogP contribution in [0.2, 0.25) is 0 Å². The molecular weight excluding hydrogens is 326 g/mol. The van der Waals surface area contributed by atoms with Gasteiger partial charge in [-0.2, -0.15) is 0 Å². The lowest BCUT2D eigenvalue weighted by molar-refractivity contribution is -0.0381. The summed E-state index contributed by atoms with van der Waals surface area (Å²) in [6, 6.07) is 17.6. The largest absolute Gasteiger partial charge is 0.378 e. The molecule has 2 aliphatic rings. The molecule has 2 heterocycles. The van der Waals surface area contributed by atoms with Crippen molar-refractivity contribution in [3.8, 4) is 0 Å². The van der Waals surface area contributed by atoms with E-state index >= 15 is 0 Å². The minimum absolute atomic E-state index is 0.227. The number of para-hydroxylation sites is 1. The standard InChI is InChI=1S/C18H18BrNO/c19-13-9-7-12(8-10-13)17-15-5-3-11-21-18(15)14-4-1-2-6-16(14)20-17/h1-2,4,6-10,15,17-18,20H,3,5,11H2/t15-,17+,18+/m0/s1. The Morgan fingerprint density at radius 1 is 1.05 bits per heavy atom. The number of fused-ring (bicyclic) bond motifs is 3. The third-order valence-electron chi connectivity index (χ3n) is 4.60. The van der Waals surface area contributed by atoms with Crippen molar-refractivity contribution >= 4 is 21.6 Å². The van der Waals surface area contributed by atoms with Gasteiger partial charge in [-0.3, -0.25) is 0 Å². The van der Waals surface area contributed by atoms with Crippen LogP contribution in [-0.2, 0) is 4.74 Å². The van der Waals surface area contributed by atoms with Crippen LogP contribution < -0.4 is 5.32 Å². The second-order valence-electron chi connectivity index (χ2n) is 5.86. The zero-order valence-electron chi connectivity index (χ0n) is 11.8. The third kappa shape index (κ3) is 2.39. The Balaban J connectivity index is 1.76. The van der Waals surface area contributed by atoms with Gasteiger partial charge in [-0.05, 0) is 36.6 Å². The summed E-state index contributed by atoms with van der Waals surface area (Å²) in [5.74, 6) is 0.509. The first-order chi connectivity index (χ1) is 10.3. The molecule has 3 atom stereocenters. The van der Waals surface area contributed by atoms with Gasteiger partial charge in [0.1, 0.15) is 0 Å². The van der Waals surface area contributed by atoms with Crippen molar-refractivity contribution in [3.05, 3.63) is 64.1 Å². The summed E-state index contributed by atoms with van der Waals surface area (Å²) in [7, 11) is 0. The van der Waals surface area contributed by atoms with Gasteiger partial charge in [0.2, 0.25) is 0 Å². The maximum Gasteiger partial charge on any atom is 0.0895 e. The fraction of sp³-hybridized carbons (Fsp3) is 0.333. The Morgan fingerprint density at radius 2 is 1.86 bits per heavy atom. The average Bonchev–Trinajstić information content (AvgIpc) is 2.55. The highest BCUT2D eigenvalue weighted by molar-refractivity contribution is 9.10. The number of nitrogens with one attached hydrogen (secondary N) is 1. The predicted molar refractivity (Wildman–Crippen MR) is 88.4 cm³/mol. The average molecular weight is 344 g/mol. The van der Waals surface area contributed by atoms with Crippen LogP contribution in [0.4, 0.5) is 5.69 Å². The fourth-order valence-corrected chi connectivity index (χ4v) is 3.88. The van der Waals surface area contributed by atoms with E-state index in [1.54, 1.807) is 0 Å². The molecule has 21 heavy (non-hydrogen) atoms. The third-order valence-corrected chi connectivity index (χ3v) is 5.13. The summed E-state index contributed by atoms with van der Waals surface area (Å²) in [6.45, 7) is 0.878. The normalized spacial score (nSPS) is 27.4. The summed E-state index contributed by atoms with van der Waals surface area (Å²) < 4.78 is 7.26. The molecule has 2 aromatic carbocycles. The zero-order valence-corrected chi connectivity index (χ0v) is 13.3. The maximum atomic E-state index is 6.13. The van der Waals surface area contributed by atoms with Crippen LogP contribution in [0.3, 0.4) is 0 Å². The molecule has 1 fully saturated rings. The summed E-state index contributed by atoms with van der Waals surface area (Å²) >= 11 is 3.52. The molecule has 0 aromatic heterocycles. The number of ether oxygens (including phenoxy) is 1. The molecule has 2 nitrogen and oxygen atoms in total. The Hall–Kier alpha value is -1.32. The lowest BCUT2D eigenvalue weighted by Gasteiger charge is -2.43. The summed E-state index contributed by atoms with van der Waals surface area (Å²) in [5, 5.41) is 3.74. The van der Waals surface area contributed by atoms with Crippen LogP contribution in [-0.4, -0.2) is 6.61 Å². The lowest BCUT2D eigenvalue weighted by atomic mass is 9.77. The highest BCUT2D eigenvalue weighted by atomic mass is 79.9. The second kappa shape index (κ2) is 5.47. The first kappa shape index (κ1) is 13.4. The molecule has 2 aliphatic heterocycles.